The second-order valence-corrected chi connectivity index (χ2v) is 6.75. The van der Waals surface area contributed by atoms with E-state index in [4.69, 9.17) is 4.74 Å². The van der Waals surface area contributed by atoms with Crippen LogP contribution in [0.1, 0.15) is 36.1 Å². The lowest BCUT2D eigenvalue weighted by Gasteiger charge is -2.33. The van der Waals surface area contributed by atoms with Crippen LogP contribution in [0.3, 0.4) is 0 Å². The fourth-order valence-electron chi connectivity index (χ4n) is 3.15. The van der Waals surface area contributed by atoms with Crippen LogP contribution in [-0.2, 0) is 21.6 Å². The molecule has 2 aliphatic rings. The first-order chi connectivity index (χ1) is 9.69. The number of carbonyl (C=O) groups excluding carboxylic acids is 1. The van der Waals surface area contributed by atoms with Gasteiger partial charge in [0.15, 0.2) is 0 Å². The van der Waals surface area contributed by atoms with Crippen molar-refractivity contribution in [3.63, 3.8) is 0 Å². The number of thiophene rings is 1. The molecule has 2 N–H and O–H groups in total. The predicted octanol–water partition coefficient (Wildman–Crippen LogP) is 1.81. The fourth-order valence-corrected chi connectivity index (χ4v) is 4.16. The van der Waals surface area contributed by atoms with Crippen molar-refractivity contribution in [2.75, 3.05) is 19.8 Å². The van der Waals surface area contributed by atoms with E-state index < -0.39 is 5.60 Å². The summed E-state index contributed by atoms with van der Waals surface area (Å²) in [5.41, 5.74) is 0.134. The molecule has 3 rings (SSSR count). The van der Waals surface area contributed by atoms with Crippen LogP contribution in [0.5, 0.6) is 0 Å². The molecule has 4 nitrogen and oxygen atoms in total. The van der Waals surface area contributed by atoms with E-state index in [1.165, 1.54) is 4.88 Å². The second-order valence-electron chi connectivity index (χ2n) is 5.75. The van der Waals surface area contributed by atoms with Crippen molar-refractivity contribution < 1.29 is 14.6 Å². The number of aliphatic hydroxyl groups is 1. The lowest BCUT2D eigenvalue weighted by atomic mass is 9.83. The van der Waals surface area contributed by atoms with E-state index in [1.807, 2.05) is 11.4 Å². The molecule has 1 atom stereocenters. The SMILES string of the molecule is O=C(NCC1(O)CCCc2sccc21)C1CCOCC1. The van der Waals surface area contributed by atoms with Gasteiger partial charge in [0.2, 0.25) is 5.91 Å². The number of ether oxygens (including phenoxy) is 1. The summed E-state index contributed by atoms with van der Waals surface area (Å²) in [6, 6.07) is 2.00. The quantitative estimate of drug-likeness (QED) is 0.894. The maximum atomic E-state index is 12.2. The number of rotatable bonds is 3. The lowest BCUT2D eigenvalue weighted by molar-refractivity contribution is -0.129. The van der Waals surface area contributed by atoms with Gasteiger partial charge < -0.3 is 15.2 Å². The number of hydrogen-bond donors (Lipinski definition) is 2. The molecule has 1 aliphatic carbocycles. The molecule has 1 amide bonds. The Hall–Kier alpha value is -0.910. The van der Waals surface area contributed by atoms with Gasteiger partial charge in [-0.05, 0) is 49.1 Å². The number of fused-ring (bicyclic) bond motifs is 1. The number of aryl methyl sites for hydroxylation is 1. The fraction of sp³-hybridized carbons (Fsp3) is 0.667. The Kier molecular flexibility index (Phi) is 4.10. The molecule has 0 radical (unpaired) electrons. The summed E-state index contributed by atoms with van der Waals surface area (Å²) in [6.07, 6.45) is 4.33. The summed E-state index contributed by atoms with van der Waals surface area (Å²) < 4.78 is 5.27. The van der Waals surface area contributed by atoms with Gasteiger partial charge in [0.1, 0.15) is 5.60 Å². The molecule has 2 heterocycles. The molecule has 20 heavy (non-hydrogen) atoms. The molecule has 1 aromatic heterocycles. The molecular formula is C15H21NO3S. The first-order valence-corrected chi connectivity index (χ1v) is 8.22. The number of nitrogens with one attached hydrogen (secondary N) is 1. The Morgan fingerprint density at radius 1 is 1.50 bits per heavy atom. The van der Waals surface area contributed by atoms with Gasteiger partial charge in [-0.15, -0.1) is 11.3 Å². The van der Waals surface area contributed by atoms with Crippen molar-refractivity contribution in [1.29, 1.82) is 0 Å². The summed E-state index contributed by atoms with van der Waals surface area (Å²) in [6.45, 7) is 1.65. The van der Waals surface area contributed by atoms with Crippen molar-refractivity contribution in [2.45, 2.75) is 37.7 Å². The molecular weight excluding hydrogens is 274 g/mol. The van der Waals surface area contributed by atoms with E-state index in [9.17, 15) is 9.90 Å². The van der Waals surface area contributed by atoms with Crippen LogP contribution in [0.2, 0.25) is 0 Å². The van der Waals surface area contributed by atoms with Gasteiger partial charge in [-0.3, -0.25) is 4.79 Å². The molecule has 1 unspecified atom stereocenters. The molecule has 1 aromatic rings. The van der Waals surface area contributed by atoms with Crippen LogP contribution >= 0.6 is 11.3 Å². The molecule has 1 saturated heterocycles. The van der Waals surface area contributed by atoms with Crippen molar-refractivity contribution in [1.82, 2.24) is 5.32 Å². The van der Waals surface area contributed by atoms with Gasteiger partial charge in [-0.1, -0.05) is 0 Å². The third-order valence-electron chi connectivity index (χ3n) is 4.39. The Bertz CT molecular complexity index is 481. The zero-order valence-electron chi connectivity index (χ0n) is 11.6. The predicted molar refractivity (Wildman–Crippen MR) is 77.7 cm³/mol. The van der Waals surface area contributed by atoms with Crippen LogP contribution in [0.25, 0.3) is 0 Å². The molecule has 1 fully saturated rings. The number of amides is 1. The van der Waals surface area contributed by atoms with Crippen molar-refractivity contribution in [2.24, 2.45) is 5.92 Å². The van der Waals surface area contributed by atoms with E-state index in [2.05, 4.69) is 5.32 Å². The van der Waals surface area contributed by atoms with Gasteiger partial charge in [0, 0.05) is 24.0 Å². The monoisotopic (exact) mass is 295 g/mol. The summed E-state index contributed by atoms with van der Waals surface area (Å²) >= 11 is 1.70. The summed E-state index contributed by atoms with van der Waals surface area (Å²) in [4.78, 5) is 13.4. The van der Waals surface area contributed by atoms with E-state index in [-0.39, 0.29) is 11.8 Å². The van der Waals surface area contributed by atoms with E-state index >= 15 is 0 Å². The third kappa shape index (κ3) is 2.75. The number of carbonyl (C=O) groups is 1. The molecule has 0 spiro atoms. The maximum Gasteiger partial charge on any atom is 0.223 e. The average Bonchev–Trinajstić information content (AvgIpc) is 2.96. The van der Waals surface area contributed by atoms with Crippen molar-refractivity contribution in [3.8, 4) is 0 Å². The van der Waals surface area contributed by atoms with Gasteiger partial charge in [-0.25, -0.2) is 0 Å². The van der Waals surface area contributed by atoms with Gasteiger partial charge in [0.05, 0.1) is 6.54 Å². The van der Waals surface area contributed by atoms with E-state index in [0.29, 0.717) is 19.8 Å². The Morgan fingerprint density at radius 3 is 3.10 bits per heavy atom. The van der Waals surface area contributed by atoms with Crippen LogP contribution in [-0.4, -0.2) is 30.8 Å². The minimum atomic E-state index is -0.881. The Morgan fingerprint density at radius 2 is 2.30 bits per heavy atom. The zero-order valence-corrected chi connectivity index (χ0v) is 12.4. The summed E-state index contributed by atoms with van der Waals surface area (Å²) in [7, 11) is 0. The van der Waals surface area contributed by atoms with Gasteiger partial charge in [-0.2, -0.15) is 0 Å². The van der Waals surface area contributed by atoms with Crippen molar-refractivity contribution >= 4 is 17.2 Å². The zero-order chi connectivity index (χ0) is 14.0. The standard InChI is InChI=1S/C15H21NO3S/c17-14(11-3-7-19-8-4-11)16-10-15(18)6-1-2-13-12(15)5-9-20-13/h5,9,11,18H,1-4,6-8,10H2,(H,16,17). The highest BCUT2D eigenvalue weighted by atomic mass is 32.1. The lowest BCUT2D eigenvalue weighted by Crippen LogP contribution is -2.45. The number of hydrogen-bond acceptors (Lipinski definition) is 4. The van der Waals surface area contributed by atoms with Crippen LogP contribution < -0.4 is 5.32 Å². The summed E-state index contributed by atoms with van der Waals surface area (Å²) in [5, 5.41) is 15.8. The molecule has 0 bridgehead atoms. The van der Waals surface area contributed by atoms with E-state index in [1.54, 1.807) is 11.3 Å². The molecule has 1 aliphatic heterocycles. The van der Waals surface area contributed by atoms with Gasteiger partial charge in [0.25, 0.3) is 0 Å². The first-order valence-electron chi connectivity index (χ1n) is 7.34. The molecule has 5 heteroatoms. The smallest absolute Gasteiger partial charge is 0.223 e. The Labute approximate surface area is 123 Å². The molecule has 110 valence electrons. The normalized spacial score (nSPS) is 27.1. The average molecular weight is 295 g/mol. The van der Waals surface area contributed by atoms with Crippen LogP contribution in [0.4, 0.5) is 0 Å². The summed E-state index contributed by atoms with van der Waals surface area (Å²) in [5.74, 6) is 0.0990. The Balaban J connectivity index is 1.62. The van der Waals surface area contributed by atoms with Crippen LogP contribution in [0.15, 0.2) is 11.4 Å². The largest absolute Gasteiger partial charge is 0.383 e. The maximum absolute atomic E-state index is 12.2. The first kappa shape index (κ1) is 14.0. The van der Waals surface area contributed by atoms with E-state index in [0.717, 1.165) is 37.7 Å². The highest BCUT2D eigenvalue weighted by Gasteiger charge is 2.36. The topological polar surface area (TPSA) is 58.6 Å². The molecule has 0 saturated carbocycles. The van der Waals surface area contributed by atoms with Crippen LogP contribution in [0, 0.1) is 5.92 Å². The highest BCUT2D eigenvalue weighted by Crippen LogP contribution is 2.37. The minimum Gasteiger partial charge on any atom is -0.383 e. The third-order valence-corrected chi connectivity index (χ3v) is 5.37. The second kappa shape index (κ2) is 5.84. The molecule has 0 aromatic carbocycles. The highest BCUT2D eigenvalue weighted by molar-refractivity contribution is 7.10. The minimum absolute atomic E-state index is 0.0397. The van der Waals surface area contributed by atoms with Crippen molar-refractivity contribution in [3.05, 3.63) is 21.9 Å². The van der Waals surface area contributed by atoms with Gasteiger partial charge >= 0.3 is 0 Å².